The van der Waals surface area contributed by atoms with Crippen LogP contribution in [-0.2, 0) is 6.61 Å². The highest BCUT2D eigenvalue weighted by Gasteiger charge is 2.15. The molecule has 1 fully saturated rings. The quantitative estimate of drug-likeness (QED) is 0.845. The maximum Gasteiger partial charge on any atom is 0.251 e. The van der Waals surface area contributed by atoms with Crippen LogP contribution in [0.4, 0.5) is 0 Å². The van der Waals surface area contributed by atoms with E-state index in [1.807, 2.05) is 54.6 Å². The van der Waals surface area contributed by atoms with E-state index < -0.39 is 0 Å². The SMILES string of the molecule is Cl.O=C(NCC1CCNC1)c1ccc(OCc2ccccc2)cc1. The minimum absolute atomic E-state index is 0. The van der Waals surface area contributed by atoms with E-state index >= 15 is 0 Å². The van der Waals surface area contributed by atoms with Gasteiger partial charge in [0, 0.05) is 12.1 Å². The average Bonchev–Trinajstić information content (AvgIpc) is 3.13. The third-order valence-electron chi connectivity index (χ3n) is 4.08. The molecule has 1 atom stereocenters. The third kappa shape index (κ3) is 5.25. The summed E-state index contributed by atoms with van der Waals surface area (Å²) in [6.45, 7) is 3.31. The van der Waals surface area contributed by atoms with E-state index in [9.17, 15) is 4.79 Å². The highest BCUT2D eigenvalue weighted by atomic mass is 35.5. The Kier molecular flexibility index (Phi) is 7.09. The standard InChI is InChI=1S/C19H22N2O2.ClH/c22-19(21-13-16-10-11-20-12-16)17-6-8-18(9-7-17)23-14-15-4-2-1-3-5-15;/h1-9,16,20H,10-14H2,(H,21,22);1H. The molecular formula is C19H23ClN2O2. The molecule has 128 valence electrons. The van der Waals surface area contributed by atoms with Gasteiger partial charge in [-0.25, -0.2) is 0 Å². The molecule has 0 aromatic heterocycles. The van der Waals surface area contributed by atoms with Crippen molar-refractivity contribution >= 4 is 18.3 Å². The lowest BCUT2D eigenvalue weighted by Gasteiger charge is -2.11. The molecule has 3 rings (SSSR count). The zero-order valence-electron chi connectivity index (χ0n) is 13.5. The monoisotopic (exact) mass is 346 g/mol. The van der Waals surface area contributed by atoms with Crippen LogP contribution < -0.4 is 15.4 Å². The van der Waals surface area contributed by atoms with Gasteiger partial charge in [-0.3, -0.25) is 4.79 Å². The number of nitrogens with one attached hydrogen (secondary N) is 2. The number of ether oxygens (including phenoxy) is 1. The molecule has 0 aliphatic carbocycles. The molecule has 1 heterocycles. The molecule has 4 nitrogen and oxygen atoms in total. The van der Waals surface area contributed by atoms with Crippen LogP contribution in [0.15, 0.2) is 54.6 Å². The molecule has 0 bridgehead atoms. The molecule has 1 amide bonds. The van der Waals surface area contributed by atoms with Gasteiger partial charge in [-0.15, -0.1) is 12.4 Å². The Bertz CT molecular complexity index is 626. The van der Waals surface area contributed by atoms with Gasteiger partial charge < -0.3 is 15.4 Å². The Labute approximate surface area is 149 Å². The first kappa shape index (κ1) is 18.3. The topological polar surface area (TPSA) is 50.4 Å². The number of amides is 1. The van der Waals surface area contributed by atoms with Crippen LogP contribution in [0.3, 0.4) is 0 Å². The summed E-state index contributed by atoms with van der Waals surface area (Å²) in [6.07, 6.45) is 1.13. The van der Waals surface area contributed by atoms with Gasteiger partial charge in [0.2, 0.25) is 0 Å². The number of halogens is 1. The number of carbonyl (C=O) groups is 1. The lowest BCUT2D eigenvalue weighted by Crippen LogP contribution is -2.30. The largest absolute Gasteiger partial charge is 0.489 e. The number of rotatable bonds is 6. The van der Waals surface area contributed by atoms with E-state index in [1.165, 1.54) is 0 Å². The summed E-state index contributed by atoms with van der Waals surface area (Å²) in [5.74, 6) is 1.30. The van der Waals surface area contributed by atoms with Crippen molar-refractivity contribution in [2.45, 2.75) is 13.0 Å². The molecule has 1 aliphatic heterocycles. The number of carbonyl (C=O) groups excluding carboxylic acids is 1. The molecule has 2 aromatic rings. The molecule has 1 saturated heterocycles. The van der Waals surface area contributed by atoms with E-state index in [0.29, 0.717) is 18.1 Å². The summed E-state index contributed by atoms with van der Waals surface area (Å²) in [5.41, 5.74) is 1.79. The molecule has 2 N–H and O–H groups in total. The lowest BCUT2D eigenvalue weighted by molar-refractivity contribution is 0.0948. The second-order valence-corrected chi connectivity index (χ2v) is 5.87. The summed E-state index contributed by atoms with van der Waals surface area (Å²) in [4.78, 5) is 12.1. The van der Waals surface area contributed by atoms with Crippen molar-refractivity contribution in [1.29, 1.82) is 0 Å². The Hall–Kier alpha value is -2.04. The molecule has 5 heteroatoms. The van der Waals surface area contributed by atoms with Gasteiger partial charge in [-0.05, 0) is 55.3 Å². The number of hydrogen-bond donors (Lipinski definition) is 2. The van der Waals surface area contributed by atoms with Gasteiger partial charge in [0.05, 0.1) is 0 Å². The fourth-order valence-electron chi connectivity index (χ4n) is 2.67. The molecule has 1 unspecified atom stereocenters. The first-order valence-electron chi connectivity index (χ1n) is 8.07. The van der Waals surface area contributed by atoms with E-state index in [1.54, 1.807) is 0 Å². The molecule has 0 radical (unpaired) electrons. The van der Waals surface area contributed by atoms with Crippen molar-refractivity contribution in [2.24, 2.45) is 5.92 Å². The van der Waals surface area contributed by atoms with Gasteiger partial charge in [0.25, 0.3) is 5.91 Å². The van der Waals surface area contributed by atoms with E-state index in [0.717, 1.165) is 37.4 Å². The summed E-state index contributed by atoms with van der Waals surface area (Å²) < 4.78 is 5.73. The highest BCUT2D eigenvalue weighted by molar-refractivity contribution is 5.94. The lowest BCUT2D eigenvalue weighted by atomic mass is 10.1. The maximum atomic E-state index is 12.1. The van der Waals surface area contributed by atoms with Crippen molar-refractivity contribution in [3.63, 3.8) is 0 Å². The van der Waals surface area contributed by atoms with Crippen molar-refractivity contribution < 1.29 is 9.53 Å². The summed E-state index contributed by atoms with van der Waals surface area (Å²) in [5, 5.41) is 6.30. The van der Waals surface area contributed by atoms with E-state index in [4.69, 9.17) is 4.74 Å². The Morgan fingerprint density at radius 3 is 2.54 bits per heavy atom. The summed E-state index contributed by atoms with van der Waals surface area (Å²) in [6, 6.07) is 17.3. The van der Waals surface area contributed by atoms with E-state index in [-0.39, 0.29) is 18.3 Å². The van der Waals surface area contributed by atoms with Crippen LogP contribution in [-0.4, -0.2) is 25.5 Å². The Morgan fingerprint density at radius 2 is 1.88 bits per heavy atom. The zero-order chi connectivity index (χ0) is 15.9. The van der Waals surface area contributed by atoms with E-state index in [2.05, 4.69) is 10.6 Å². The Balaban J connectivity index is 0.00000208. The van der Waals surface area contributed by atoms with Gasteiger partial charge in [-0.2, -0.15) is 0 Å². The van der Waals surface area contributed by atoms with Crippen molar-refractivity contribution in [3.8, 4) is 5.75 Å². The molecular weight excluding hydrogens is 324 g/mol. The fourth-order valence-corrected chi connectivity index (χ4v) is 2.67. The van der Waals surface area contributed by atoms with Crippen molar-refractivity contribution in [2.75, 3.05) is 19.6 Å². The number of hydrogen-bond acceptors (Lipinski definition) is 3. The van der Waals surface area contributed by atoms with Crippen molar-refractivity contribution in [3.05, 3.63) is 65.7 Å². The Morgan fingerprint density at radius 1 is 1.12 bits per heavy atom. The molecule has 0 spiro atoms. The van der Waals surface area contributed by atoms with Crippen LogP contribution in [0.2, 0.25) is 0 Å². The minimum atomic E-state index is -0.0218. The molecule has 0 saturated carbocycles. The normalized spacial score (nSPS) is 16.2. The third-order valence-corrected chi connectivity index (χ3v) is 4.08. The first-order valence-corrected chi connectivity index (χ1v) is 8.07. The van der Waals surface area contributed by atoms with Gasteiger partial charge in [-0.1, -0.05) is 30.3 Å². The summed E-state index contributed by atoms with van der Waals surface area (Å²) >= 11 is 0. The van der Waals surface area contributed by atoms with Gasteiger partial charge in [0.1, 0.15) is 12.4 Å². The molecule has 1 aliphatic rings. The zero-order valence-corrected chi connectivity index (χ0v) is 14.4. The smallest absolute Gasteiger partial charge is 0.251 e. The second kappa shape index (κ2) is 9.30. The second-order valence-electron chi connectivity index (χ2n) is 5.87. The average molecular weight is 347 g/mol. The predicted octanol–water partition coefficient (Wildman–Crippen LogP) is 3.03. The number of benzene rings is 2. The minimum Gasteiger partial charge on any atom is -0.489 e. The maximum absolute atomic E-state index is 12.1. The highest BCUT2D eigenvalue weighted by Crippen LogP contribution is 2.14. The van der Waals surface area contributed by atoms with Crippen LogP contribution >= 0.6 is 12.4 Å². The summed E-state index contributed by atoms with van der Waals surface area (Å²) in [7, 11) is 0. The molecule has 24 heavy (non-hydrogen) atoms. The fraction of sp³-hybridized carbons (Fsp3) is 0.316. The molecule has 2 aromatic carbocycles. The van der Waals surface area contributed by atoms with Crippen LogP contribution in [0.1, 0.15) is 22.3 Å². The van der Waals surface area contributed by atoms with Crippen LogP contribution in [0, 0.1) is 5.92 Å². The predicted molar refractivity (Wildman–Crippen MR) is 97.8 cm³/mol. The van der Waals surface area contributed by atoms with Crippen molar-refractivity contribution in [1.82, 2.24) is 10.6 Å². The van der Waals surface area contributed by atoms with Crippen LogP contribution in [0.5, 0.6) is 5.75 Å². The first-order chi connectivity index (χ1) is 11.3. The van der Waals surface area contributed by atoms with Crippen LogP contribution in [0.25, 0.3) is 0 Å². The van der Waals surface area contributed by atoms with Gasteiger partial charge >= 0.3 is 0 Å². The van der Waals surface area contributed by atoms with Gasteiger partial charge in [0.15, 0.2) is 0 Å².